The van der Waals surface area contributed by atoms with Crippen LogP contribution in [0.2, 0.25) is 0 Å². The summed E-state index contributed by atoms with van der Waals surface area (Å²) in [5, 5.41) is 15.0. The predicted molar refractivity (Wildman–Crippen MR) is 120 cm³/mol. The second-order valence-corrected chi connectivity index (χ2v) is 8.61. The Morgan fingerprint density at radius 3 is 2.28 bits per heavy atom. The number of nitrogens with zero attached hydrogens (tertiary/aromatic N) is 3. The number of hydrazine groups is 1. The first kappa shape index (κ1) is 24.6. The molecule has 1 heterocycles. The fraction of sp³-hybridized carbons (Fsp3) is 0.286. The molecule has 0 aliphatic rings. The van der Waals surface area contributed by atoms with Gasteiger partial charge >= 0.3 is 6.55 Å². The van der Waals surface area contributed by atoms with Crippen LogP contribution in [0.1, 0.15) is 17.7 Å². The van der Waals surface area contributed by atoms with Crippen molar-refractivity contribution in [2.24, 2.45) is 11.6 Å². The lowest BCUT2D eigenvalue weighted by atomic mass is 10.0. The van der Waals surface area contributed by atoms with Crippen molar-refractivity contribution >= 4 is 22.6 Å². The van der Waals surface area contributed by atoms with Crippen molar-refractivity contribution in [1.29, 1.82) is 0 Å². The van der Waals surface area contributed by atoms with Gasteiger partial charge in [-0.2, -0.15) is 13.9 Å². The van der Waals surface area contributed by atoms with E-state index in [4.69, 9.17) is 11.6 Å². The van der Waals surface area contributed by atoms with Crippen molar-refractivity contribution in [1.82, 2.24) is 14.8 Å². The Morgan fingerprint density at radius 2 is 1.72 bits per heavy atom. The first-order chi connectivity index (χ1) is 15.1. The molecule has 0 unspecified atom stereocenters. The Hall–Kier alpha value is -2.06. The zero-order valence-corrected chi connectivity index (χ0v) is 19.0. The molecular weight excluding hydrogens is 541 g/mol. The van der Waals surface area contributed by atoms with Crippen LogP contribution in [0.15, 0.2) is 48.7 Å². The molecule has 1 aromatic heterocycles. The van der Waals surface area contributed by atoms with E-state index in [0.29, 0.717) is 11.1 Å². The largest absolute Gasteiger partial charge is 0.390 e. The summed E-state index contributed by atoms with van der Waals surface area (Å²) >= 11 is 2.18. The third-order valence-electron chi connectivity index (χ3n) is 4.91. The predicted octanol–water partition coefficient (Wildman–Crippen LogP) is 3.43. The van der Waals surface area contributed by atoms with Gasteiger partial charge in [-0.05, 0) is 64.9 Å². The van der Waals surface area contributed by atoms with E-state index in [1.165, 1.54) is 6.07 Å². The molecule has 0 aliphatic heterocycles. The average Bonchev–Trinajstić information content (AvgIpc) is 3.23. The van der Waals surface area contributed by atoms with Gasteiger partial charge in [0.05, 0.1) is 11.8 Å². The minimum Gasteiger partial charge on any atom is -0.390 e. The highest BCUT2D eigenvalue weighted by Crippen LogP contribution is 2.25. The second-order valence-electron chi connectivity index (χ2n) is 7.37. The van der Waals surface area contributed by atoms with Crippen LogP contribution in [-0.2, 0) is 13.0 Å². The highest BCUT2D eigenvalue weighted by atomic mass is 127. The minimum atomic E-state index is -2.85. The van der Waals surface area contributed by atoms with E-state index in [2.05, 4.69) is 27.7 Å². The van der Waals surface area contributed by atoms with E-state index in [1.807, 2.05) is 24.3 Å². The molecule has 0 aliphatic carbocycles. The molecule has 0 amide bonds. The third kappa shape index (κ3) is 6.25. The summed E-state index contributed by atoms with van der Waals surface area (Å²) in [6.45, 7) is -3.28. The van der Waals surface area contributed by atoms with Crippen LogP contribution in [0, 0.1) is 15.2 Å². The lowest BCUT2D eigenvalue weighted by Gasteiger charge is -2.25. The van der Waals surface area contributed by atoms with Gasteiger partial charge in [0.25, 0.3) is 0 Å². The molecule has 3 aromatic rings. The molecule has 0 spiro atoms. The van der Waals surface area contributed by atoms with Gasteiger partial charge in [-0.3, -0.25) is 5.84 Å². The van der Waals surface area contributed by atoms with Gasteiger partial charge in [-0.15, -0.1) is 0 Å². The molecule has 0 saturated heterocycles. The summed E-state index contributed by atoms with van der Waals surface area (Å²) < 4.78 is 55.9. The van der Waals surface area contributed by atoms with E-state index >= 15 is 0 Å². The number of rotatable bonds is 9. The fourth-order valence-corrected chi connectivity index (χ4v) is 3.53. The van der Waals surface area contributed by atoms with E-state index in [0.717, 1.165) is 32.5 Å². The maximum absolute atomic E-state index is 14.5. The van der Waals surface area contributed by atoms with Crippen LogP contribution in [-0.4, -0.2) is 38.6 Å². The Kier molecular flexibility index (Phi) is 8.22. The van der Waals surface area contributed by atoms with E-state index < -0.39 is 30.3 Å². The fourth-order valence-electron chi connectivity index (χ4n) is 3.17. The first-order valence-electron chi connectivity index (χ1n) is 9.63. The molecule has 6 nitrogen and oxygen atoms in total. The van der Waals surface area contributed by atoms with Gasteiger partial charge in [0.1, 0.15) is 11.6 Å². The summed E-state index contributed by atoms with van der Waals surface area (Å²) in [6, 6.07) is 10.3. The molecule has 11 heteroatoms. The van der Waals surface area contributed by atoms with Gasteiger partial charge < -0.3 is 10.8 Å². The molecule has 0 bridgehead atoms. The number of aromatic nitrogens is 2. The molecule has 2 aromatic carbocycles. The van der Waals surface area contributed by atoms with Crippen LogP contribution in [0.4, 0.5) is 17.6 Å². The quantitative estimate of drug-likeness (QED) is 0.161. The third-order valence-corrected chi connectivity index (χ3v) is 5.63. The number of benzene rings is 2. The van der Waals surface area contributed by atoms with Crippen molar-refractivity contribution in [3.05, 3.63) is 75.0 Å². The topological polar surface area (TPSA) is 93.3 Å². The summed E-state index contributed by atoms with van der Waals surface area (Å²) in [7, 11) is 0. The van der Waals surface area contributed by atoms with Gasteiger partial charge in [-0.25, -0.2) is 18.5 Å². The summed E-state index contributed by atoms with van der Waals surface area (Å²) in [4.78, 5) is 0. The van der Waals surface area contributed by atoms with Gasteiger partial charge in [0.2, 0.25) is 0 Å². The van der Waals surface area contributed by atoms with Gasteiger partial charge in [0.15, 0.2) is 0 Å². The molecular formula is C21H22F4IN5O. The number of aliphatic hydroxyl groups is 1. The van der Waals surface area contributed by atoms with Gasteiger partial charge in [-0.1, -0.05) is 12.1 Å². The molecule has 0 fully saturated rings. The number of aliphatic hydroxyl groups excluding tert-OH is 1. The van der Waals surface area contributed by atoms with Crippen LogP contribution in [0.25, 0.3) is 11.3 Å². The molecule has 172 valence electrons. The monoisotopic (exact) mass is 563 g/mol. The molecule has 3 rings (SSSR count). The van der Waals surface area contributed by atoms with Crippen LogP contribution >= 0.6 is 22.6 Å². The second kappa shape index (κ2) is 10.7. The maximum atomic E-state index is 14.5. The van der Waals surface area contributed by atoms with E-state index in [9.17, 15) is 22.7 Å². The van der Waals surface area contributed by atoms with Crippen molar-refractivity contribution < 1.29 is 22.7 Å². The molecule has 0 radical (unpaired) electrons. The normalized spacial score (nSPS) is 13.7. The Bertz CT molecular complexity index is 1020. The molecule has 0 saturated carbocycles. The zero-order chi connectivity index (χ0) is 23.4. The summed E-state index contributed by atoms with van der Waals surface area (Å²) in [5.41, 5.74) is 6.71. The molecule has 2 atom stereocenters. The zero-order valence-electron chi connectivity index (χ0n) is 16.8. The lowest BCUT2D eigenvalue weighted by molar-refractivity contribution is 0.0568. The Morgan fingerprint density at radius 1 is 1.09 bits per heavy atom. The first-order valence-corrected chi connectivity index (χ1v) is 10.7. The van der Waals surface area contributed by atoms with E-state index in [1.54, 1.807) is 0 Å². The number of alkyl halides is 2. The number of nitrogens with two attached hydrogens (primary N) is 2. The van der Waals surface area contributed by atoms with Crippen molar-refractivity contribution in [2.75, 3.05) is 6.54 Å². The number of halogens is 5. The molecule has 5 N–H and O–H groups in total. The SMILES string of the molecule is N[C@@H](Cc1ccc(I)cc1)[C@@H](O)CN(N)Cc1c(F)cc(-c2ccn(C(F)F)n2)cc1F. The lowest BCUT2D eigenvalue weighted by Crippen LogP contribution is -2.46. The summed E-state index contributed by atoms with van der Waals surface area (Å²) in [6.07, 6.45) is 0.406. The standard InChI is InChI=1S/C21H22F4IN5O/c22-16-8-13(19-5-6-31(29-19)21(24)25)9-17(23)15(16)10-30(28)11-20(32)18(27)7-12-1-3-14(26)4-2-12/h1-6,8-9,18,20-21,32H,7,10-11,27-28H2/t18-,20-/m0/s1. The van der Waals surface area contributed by atoms with Crippen molar-refractivity contribution in [2.45, 2.75) is 31.7 Å². The van der Waals surface area contributed by atoms with Crippen LogP contribution in [0.3, 0.4) is 0 Å². The van der Waals surface area contributed by atoms with Crippen molar-refractivity contribution in [3.63, 3.8) is 0 Å². The van der Waals surface area contributed by atoms with Crippen molar-refractivity contribution in [3.8, 4) is 11.3 Å². The summed E-state index contributed by atoms with van der Waals surface area (Å²) in [5.74, 6) is 4.06. The Balaban J connectivity index is 1.63. The minimum absolute atomic E-state index is 0.0104. The Labute approximate surface area is 195 Å². The van der Waals surface area contributed by atoms with Gasteiger partial charge in [0, 0.05) is 40.0 Å². The smallest absolute Gasteiger partial charge is 0.333 e. The van der Waals surface area contributed by atoms with Crippen LogP contribution < -0.4 is 11.6 Å². The maximum Gasteiger partial charge on any atom is 0.333 e. The van der Waals surface area contributed by atoms with Crippen LogP contribution in [0.5, 0.6) is 0 Å². The highest BCUT2D eigenvalue weighted by Gasteiger charge is 2.21. The number of hydrogen-bond donors (Lipinski definition) is 3. The average molecular weight is 563 g/mol. The highest BCUT2D eigenvalue weighted by molar-refractivity contribution is 14.1. The van der Waals surface area contributed by atoms with E-state index in [-0.39, 0.29) is 29.9 Å². The number of hydrogen-bond acceptors (Lipinski definition) is 5. The molecule has 32 heavy (non-hydrogen) atoms.